The Kier molecular flexibility index (Phi) is 4.18. The van der Waals surface area contributed by atoms with Crippen LogP contribution < -0.4 is 5.32 Å². The number of hydrogen-bond donors (Lipinski definition) is 3. The number of aliphatic hydroxyl groups is 1. The Labute approximate surface area is 119 Å². The lowest BCUT2D eigenvalue weighted by Crippen LogP contribution is -2.43. The third kappa shape index (κ3) is 2.84. The van der Waals surface area contributed by atoms with Gasteiger partial charge in [0.15, 0.2) is 6.04 Å². The highest BCUT2D eigenvalue weighted by atomic mass is 19.1. The van der Waals surface area contributed by atoms with E-state index in [1.165, 1.54) is 16.5 Å². The van der Waals surface area contributed by atoms with Crippen LogP contribution in [-0.4, -0.2) is 44.1 Å². The van der Waals surface area contributed by atoms with Crippen molar-refractivity contribution in [3.8, 4) is 0 Å². The number of carboxylic acid groups (broad SMARTS) is 1. The number of pyridine rings is 1. The van der Waals surface area contributed by atoms with E-state index in [1.54, 1.807) is 6.92 Å². The zero-order valence-corrected chi connectivity index (χ0v) is 11.2. The maximum Gasteiger partial charge on any atom is 0.328 e. The highest BCUT2D eigenvalue weighted by molar-refractivity contribution is 5.97. The second-order valence-corrected chi connectivity index (χ2v) is 4.38. The number of imidazole rings is 1. The number of hydrogen-bond acceptors (Lipinski definition) is 4. The smallest absolute Gasteiger partial charge is 0.328 e. The molecule has 8 heteroatoms. The summed E-state index contributed by atoms with van der Waals surface area (Å²) in [5, 5.41) is 20.0. The van der Waals surface area contributed by atoms with Crippen molar-refractivity contribution in [1.82, 2.24) is 14.7 Å². The van der Waals surface area contributed by atoms with Gasteiger partial charge in [0.05, 0.1) is 12.3 Å². The number of amides is 1. The minimum atomic E-state index is -1.43. The number of aromatic nitrogens is 2. The summed E-state index contributed by atoms with van der Waals surface area (Å²) in [4.78, 5) is 27.3. The highest BCUT2D eigenvalue weighted by Gasteiger charge is 2.24. The fourth-order valence-electron chi connectivity index (χ4n) is 1.97. The number of rotatable bonds is 5. The Bertz CT molecular complexity index is 698. The molecule has 1 amide bonds. The number of carbonyl (C=O) groups excluding carboxylic acids is 1. The molecule has 2 aromatic heterocycles. The van der Waals surface area contributed by atoms with Crippen molar-refractivity contribution in [2.45, 2.75) is 19.4 Å². The zero-order chi connectivity index (χ0) is 15.6. The molecule has 3 N–H and O–H groups in total. The van der Waals surface area contributed by atoms with Crippen LogP contribution in [0.2, 0.25) is 0 Å². The number of aliphatic hydroxyl groups excluding tert-OH is 1. The lowest BCUT2D eigenvalue weighted by molar-refractivity contribution is -0.140. The van der Waals surface area contributed by atoms with Crippen LogP contribution in [0, 0.1) is 5.82 Å². The van der Waals surface area contributed by atoms with E-state index in [0.29, 0.717) is 17.8 Å². The normalized spacial score (nSPS) is 12.3. The van der Waals surface area contributed by atoms with Gasteiger partial charge in [0.25, 0.3) is 5.91 Å². The van der Waals surface area contributed by atoms with Crippen LogP contribution in [0.4, 0.5) is 4.39 Å². The molecule has 2 aromatic rings. The van der Waals surface area contributed by atoms with E-state index >= 15 is 0 Å². The van der Waals surface area contributed by atoms with Crippen LogP contribution in [0.25, 0.3) is 5.65 Å². The summed E-state index contributed by atoms with van der Waals surface area (Å²) in [5.41, 5.74) is 0.862. The van der Waals surface area contributed by atoms with Crippen LogP contribution in [0.5, 0.6) is 0 Å². The van der Waals surface area contributed by atoms with Gasteiger partial charge in [-0.25, -0.2) is 14.2 Å². The summed E-state index contributed by atoms with van der Waals surface area (Å²) >= 11 is 0. The number of aliphatic carboxylic acids is 1. The molecular weight excluding hydrogens is 281 g/mol. The van der Waals surface area contributed by atoms with Gasteiger partial charge in [-0.1, -0.05) is 6.92 Å². The average molecular weight is 295 g/mol. The molecule has 2 rings (SSSR count). The number of carboxylic acids is 1. The number of fused-ring (bicyclic) bond motifs is 1. The fraction of sp³-hybridized carbons (Fsp3) is 0.308. The Balaban J connectivity index is 2.46. The maximum atomic E-state index is 13.3. The van der Waals surface area contributed by atoms with E-state index in [-0.39, 0.29) is 5.69 Å². The number of halogens is 1. The molecule has 1 unspecified atom stereocenters. The molecule has 0 aromatic carbocycles. The number of nitrogens with zero attached hydrogens (tertiary/aromatic N) is 2. The summed E-state index contributed by atoms with van der Waals surface area (Å²) in [5.74, 6) is -2.64. The van der Waals surface area contributed by atoms with Gasteiger partial charge in [-0.3, -0.25) is 9.20 Å². The lowest BCUT2D eigenvalue weighted by atomic mass is 10.2. The van der Waals surface area contributed by atoms with Gasteiger partial charge < -0.3 is 15.5 Å². The minimum Gasteiger partial charge on any atom is -0.480 e. The van der Waals surface area contributed by atoms with Crippen molar-refractivity contribution < 1.29 is 24.2 Å². The first-order chi connectivity index (χ1) is 9.97. The Morgan fingerprint density at radius 2 is 2.19 bits per heavy atom. The predicted octanol–water partition coefficient (Wildman–Crippen LogP) is 0.211. The monoisotopic (exact) mass is 295 g/mol. The first-order valence-corrected chi connectivity index (χ1v) is 6.29. The predicted molar refractivity (Wildman–Crippen MR) is 70.5 cm³/mol. The molecule has 0 bridgehead atoms. The standard InChI is InChI=1S/C13H14FN3O4/c1-2-8-11(12(19)16-9(6-18)13(20)21)17-5-7(14)3-4-10(17)15-8/h3-5,9,18H,2,6H2,1H3,(H,16,19)(H,20,21). The van der Waals surface area contributed by atoms with Gasteiger partial charge in [-0.15, -0.1) is 0 Å². The molecule has 2 heterocycles. The molecule has 0 saturated heterocycles. The summed E-state index contributed by atoms with van der Waals surface area (Å²) in [7, 11) is 0. The van der Waals surface area contributed by atoms with Crippen molar-refractivity contribution in [3.05, 3.63) is 35.5 Å². The van der Waals surface area contributed by atoms with Crippen molar-refractivity contribution in [3.63, 3.8) is 0 Å². The Morgan fingerprint density at radius 1 is 1.48 bits per heavy atom. The molecular formula is C13H14FN3O4. The second kappa shape index (κ2) is 5.88. The molecule has 21 heavy (non-hydrogen) atoms. The zero-order valence-electron chi connectivity index (χ0n) is 11.2. The van der Waals surface area contributed by atoms with Crippen molar-refractivity contribution >= 4 is 17.5 Å². The van der Waals surface area contributed by atoms with Gasteiger partial charge in [0.1, 0.15) is 17.2 Å². The highest BCUT2D eigenvalue weighted by Crippen LogP contribution is 2.15. The van der Waals surface area contributed by atoms with Crippen LogP contribution in [0.15, 0.2) is 18.3 Å². The van der Waals surface area contributed by atoms with E-state index in [0.717, 1.165) is 6.20 Å². The number of nitrogens with one attached hydrogen (secondary N) is 1. The Hall–Kier alpha value is -2.48. The van der Waals surface area contributed by atoms with Crippen LogP contribution >= 0.6 is 0 Å². The quantitative estimate of drug-likeness (QED) is 0.731. The summed E-state index contributed by atoms with van der Waals surface area (Å²) in [6.07, 6.45) is 1.52. The molecule has 0 radical (unpaired) electrons. The third-order valence-electron chi connectivity index (χ3n) is 2.99. The number of carbonyl (C=O) groups is 2. The van der Waals surface area contributed by atoms with E-state index in [9.17, 15) is 14.0 Å². The van der Waals surface area contributed by atoms with Crippen LogP contribution in [0.3, 0.4) is 0 Å². The molecule has 0 aliphatic carbocycles. The van der Waals surface area contributed by atoms with Crippen molar-refractivity contribution in [2.75, 3.05) is 6.61 Å². The maximum absolute atomic E-state index is 13.3. The molecule has 0 aliphatic heterocycles. The van der Waals surface area contributed by atoms with E-state index < -0.39 is 30.3 Å². The van der Waals surface area contributed by atoms with Crippen LogP contribution in [0.1, 0.15) is 23.1 Å². The molecule has 112 valence electrons. The van der Waals surface area contributed by atoms with Gasteiger partial charge in [-0.05, 0) is 18.6 Å². The first-order valence-electron chi connectivity index (χ1n) is 6.29. The minimum absolute atomic E-state index is 0.0618. The lowest BCUT2D eigenvalue weighted by Gasteiger charge is -2.12. The third-order valence-corrected chi connectivity index (χ3v) is 2.99. The fourth-order valence-corrected chi connectivity index (χ4v) is 1.97. The SMILES string of the molecule is CCc1nc2ccc(F)cn2c1C(=O)NC(CO)C(=O)O. The molecule has 7 nitrogen and oxygen atoms in total. The molecule has 0 spiro atoms. The second-order valence-electron chi connectivity index (χ2n) is 4.38. The van der Waals surface area contributed by atoms with Gasteiger partial charge >= 0.3 is 5.97 Å². The van der Waals surface area contributed by atoms with E-state index in [2.05, 4.69) is 10.3 Å². The largest absolute Gasteiger partial charge is 0.480 e. The number of aryl methyl sites for hydroxylation is 1. The van der Waals surface area contributed by atoms with Gasteiger partial charge in [0.2, 0.25) is 0 Å². The average Bonchev–Trinajstić information content (AvgIpc) is 2.81. The van der Waals surface area contributed by atoms with Crippen molar-refractivity contribution in [2.24, 2.45) is 0 Å². The molecule has 0 saturated carbocycles. The molecule has 1 atom stereocenters. The van der Waals surface area contributed by atoms with Crippen LogP contribution in [-0.2, 0) is 11.2 Å². The van der Waals surface area contributed by atoms with E-state index in [1.807, 2.05) is 0 Å². The van der Waals surface area contributed by atoms with Gasteiger partial charge in [-0.2, -0.15) is 0 Å². The van der Waals surface area contributed by atoms with Crippen molar-refractivity contribution in [1.29, 1.82) is 0 Å². The molecule has 0 fully saturated rings. The topological polar surface area (TPSA) is 104 Å². The molecule has 0 aliphatic rings. The summed E-state index contributed by atoms with van der Waals surface area (Å²) in [6, 6.07) is 1.21. The summed E-state index contributed by atoms with van der Waals surface area (Å²) in [6.45, 7) is 1.03. The van der Waals surface area contributed by atoms with Gasteiger partial charge in [0, 0.05) is 6.20 Å². The summed E-state index contributed by atoms with van der Waals surface area (Å²) < 4.78 is 14.6. The van der Waals surface area contributed by atoms with E-state index in [4.69, 9.17) is 10.2 Å². The Morgan fingerprint density at radius 3 is 2.76 bits per heavy atom. The first kappa shape index (κ1) is 14.9.